The molecule has 0 saturated carbocycles. The fourth-order valence-electron chi connectivity index (χ4n) is 1.31. The molecule has 0 aliphatic rings. The van der Waals surface area contributed by atoms with E-state index in [1.54, 1.807) is 32.4 Å². The first kappa shape index (κ1) is 14.4. The van der Waals surface area contributed by atoms with Crippen molar-refractivity contribution < 1.29 is 18.9 Å². The lowest BCUT2D eigenvalue weighted by Gasteiger charge is -2.10. The zero-order valence-corrected chi connectivity index (χ0v) is 10.8. The predicted octanol–water partition coefficient (Wildman–Crippen LogP) is 1.72. The summed E-state index contributed by atoms with van der Waals surface area (Å²) in [6.45, 7) is 2.00. The Morgan fingerprint density at radius 3 is 1.78 bits per heavy atom. The maximum atomic E-state index is 5.50. The first-order valence-electron chi connectivity index (χ1n) is 5.65. The fourth-order valence-corrected chi connectivity index (χ4v) is 1.31. The number of methoxy groups -OCH3 is 2. The first-order chi connectivity index (χ1) is 8.80. The summed E-state index contributed by atoms with van der Waals surface area (Å²) in [5, 5.41) is 0. The Balaban J connectivity index is 2.65. The van der Waals surface area contributed by atoms with Gasteiger partial charge in [0.2, 0.25) is 0 Å². The molecule has 0 fully saturated rings. The molecule has 1 rings (SSSR count). The zero-order valence-electron chi connectivity index (χ0n) is 10.8. The topological polar surface area (TPSA) is 36.9 Å². The average molecular weight is 250 g/mol. The van der Waals surface area contributed by atoms with Crippen molar-refractivity contribution in [1.82, 2.24) is 0 Å². The summed E-state index contributed by atoms with van der Waals surface area (Å²) >= 11 is 0. The lowest BCUT2D eigenvalue weighted by atomic mass is 10.2. The minimum atomic E-state index is 0.474. The summed E-state index contributed by atoms with van der Waals surface area (Å²) < 4.78 is 20.8. The van der Waals surface area contributed by atoms with Gasteiger partial charge in [0, 0.05) is 25.8 Å². The van der Waals surface area contributed by atoms with Crippen LogP contribution in [0.3, 0.4) is 0 Å². The van der Waals surface area contributed by atoms with Gasteiger partial charge in [-0.1, -0.05) is 5.92 Å². The summed E-state index contributed by atoms with van der Waals surface area (Å²) in [5.41, 5.74) is 0.720. The molecule has 0 bridgehead atoms. The molecule has 0 aromatic heterocycles. The third-order valence-electron chi connectivity index (χ3n) is 2.16. The van der Waals surface area contributed by atoms with E-state index in [2.05, 4.69) is 5.92 Å². The number of hydrogen-bond donors (Lipinski definition) is 0. The van der Waals surface area contributed by atoms with Crippen LogP contribution < -0.4 is 9.47 Å². The molecule has 18 heavy (non-hydrogen) atoms. The van der Waals surface area contributed by atoms with Crippen LogP contribution in [0.25, 0.3) is 0 Å². The van der Waals surface area contributed by atoms with E-state index in [9.17, 15) is 0 Å². The summed E-state index contributed by atoms with van der Waals surface area (Å²) in [7, 11) is 3.25. The van der Waals surface area contributed by atoms with Crippen LogP contribution in [-0.2, 0) is 9.47 Å². The molecule has 1 aromatic rings. The number of hydrogen-bond acceptors (Lipinski definition) is 4. The van der Waals surface area contributed by atoms with Crippen LogP contribution in [0.15, 0.2) is 18.2 Å². The molecule has 0 aliphatic heterocycles. The molecular weight excluding hydrogens is 232 g/mol. The monoisotopic (exact) mass is 250 g/mol. The highest BCUT2D eigenvalue weighted by Gasteiger charge is 2.02. The Hall–Kier alpha value is -1.70. The van der Waals surface area contributed by atoms with Gasteiger partial charge in [-0.2, -0.15) is 0 Å². The minimum Gasteiger partial charge on any atom is -0.491 e. The van der Waals surface area contributed by atoms with Crippen molar-refractivity contribution in [1.29, 1.82) is 0 Å². The van der Waals surface area contributed by atoms with Gasteiger partial charge in [0.15, 0.2) is 0 Å². The standard InChI is InChI=1S/C14H18O4/c1-4-12-9-13(17-7-5-15-2)11-14(10-12)18-8-6-16-3/h1,9-11H,5-8H2,2-3H3. The Kier molecular flexibility index (Phi) is 6.70. The smallest absolute Gasteiger partial charge is 0.124 e. The summed E-state index contributed by atoms with van der Waals surface area (Å²) in [6, 6.07) is 5.38. The number of terminal acetylenes is 1. The lowest BCUT2D eigenvalue weighted by Crippen LogP contribution is -2.06. The molecule has 0 radical (unpaired) electrons. The van der Waals surface area contributed by atoms with Gasteiger partial charge in [-0.25, -0.2) is 0 Å². The fraction of sp³-hybridized carbons (Fsp3) is 0.429. The van der Waals surface area contributed by atoms with E-state index in [1.165, 1.54) is 0 Å². The van der Waals surface area contributed by atoms with E-state index in [0.717, 1.165) is 5.56 Å². The molecular formula is C14H18O4. The molecule has 0 unspecified atom stereocenters. The average Bonchev–Trinajstić information content (AvgIpc) is 2.39. The molecule has 4 nitrogen and oxygen atoms in total. The second-order valence-corrected chi connectivity index (χ2v) is 3.52. The van der Waals surface area contributed by atoms with Crippen molar-refractivity contribution in [2.45, 2.75) is 0 Å². The molecule has 0 N–H and O–H groups in total. The van der Waals surface area contributed by atoms with Crippen molar-refractivity contribution >= 4 is 0 Å². The van der Waals surface area contributed by atoms with Crippen molar-refractivity contribution in [3.63, 3.8) is 0 Å². The van der Waals surface area contributed by atoms with E-state index >= 15 is 0 Å². The van der Waals surface area contributed by atoms with Crippen LogP contribution in [0.5, 0.6) is 11.5 Å². The molecule has 4 heteroatoms. The molecule has 0 atom stereocenters. The zero-order chi connectivity index (χ0) is 13.2. The second kappa shape index (κ2) is 8.40. The highest BCUT2D eigenvalue weighted by molar-refractivity contribution is 5.45. The minimum absolute atomic E-state index is 0.474. The highest BCUT2D eigenvalue weighted by atomic mass is 16.5. The lowest BCUT2D eigenvalue weighted by molar-refractivity contribution is 0.142. The van der Waals surface area contributed by atoms with Crippen molar-refractivity contribution in [2.24, 2.45) is 0 Å². The summed E-state index contributed by atoms with van der Waals surface area (Å²) in [5.74, 6) is 3.92. The van der Waals surface area contributed by atoms with E-state index in [4.69, 9.17) is 25.4 Å². The van der Waals surface area contributed by atoms with Gasteiger partial charge in [-0.3, -0.25) is 0 Å². The van der Waals surface area contributed by atoms with Crippen LogP contribution in [0, 0.1) is 12.3 Å². The molecule has 0 heterocycles. The van der Waals surface area contributed by atoms with E-state index < -0.39 is 0 Å². The van der Waals surface area contributed by atoms with Gasteiger partial charge in [0.05, 0.1) is 13.2 Å². The van der Waals surface area contributed by atoms with Crippen molar-refractivity contribution in [2.75, 3.05) is 40.6 Å². The Morgan fingerprint density at radius 2 is 1.39 bits per heavy atom. The largest absolute Gasteiger partial charge is 0.491 e. The number of rotatable bonds is 8. The highest BCUT2D eigenvalue weighted by Crippen LogP contribution is 2.22. The van der Waals surface area contributed by atoms with Crippen LogP contribution in [0.1, 0.15) is 5.56 Å². The molecule has 0 aliphatic carbocycles. The third-order valence-corrected chi connectivity index (χ3v) is 2.16. The van der Waals surface area contributed by atoms with Gasteiger partial charge < -0.3 is 18.9 Å². The maximum Gasteiger partial charge on any atom is 0.124 e. The van der Waals surface area contributed by atoms with E-state index in [1.807, 2.05) is 0 Å². The van der Waals surface area contributed by atoms with Crippen LogP contribution in [-0.4, -0.2) is 40.6 Å². The van der Waals surface area contributed by atoms with Crippen LogP contribution in [0.4, 0.5) is 0 Å². The molecule has 98 valence electrons. The Bertz CT molecular complexity index is 367. The molecule has 0 spiro atoms. The molecule has 0 amide bonds. The Labute approximate surface area is 108 Å². The summed E-state index contributed by atoms with van der Waals surface area (Å²) in [6.07, 6.45) is 5.39. The SMILES string of the molecule is C#Cc1cc(OCCOC)cc(OCCOC)c1. The number of benzene rings is 1. The quantitative estimate of drug-likeness (QED) is 0.520. The predicted molar refractivity (Wildman–Crippen MR) is 69.1 cm³/mol. The molecule has 1 aromatic carbocycles. The van der Waals surface area contributed by atoms with Crippen molar-refractivity contribution in [3.05, 3.63) is 23.8 Å². The maximum absolute atomic E-state index is 5.50. The van der Waals surface area contributed by atoms with E-state index in [0.29, 0.717) is 37.9 Å². The van der Waals surface area contributed by atoms with Gasteiger partial charge in [-0.05, 0) is 12.1 Å². The number of ether oxygens (including phenoxy) is 4. The van der Waals surface area contributed by atoms with Crippen LogP contribution in [0.2, 0.25) is 0 Å². The third kappa shape index (κ3) is 5.09. The first-order valence-corrected chi connectivity index (χ1v) is 5.65. The van der Waals surface area contributed by atoms with Gasteiger partial charge >= 0.3 is 0 Å². The van der Waals surface area contributed by atoms with Gasteiger partial charge in [0.1, 0.15) is 24.7 Å². The normalized spacial score (nSPS) is 9.83. The molecule has 0 saturated heterocycles. The van der Waals surface area contributed by atoms with Gasteiger partial charge in [-0.15, -0.1) is 6.42 Å². The van der Waals surface area contributed by atoms with Crippen molar-refractivity contribution in [3.8, 4) is 23.8 Å². The van der Waals surface area contributed by atoms with Gasteiger partial charge in [0.25, 0.3) is 0 Å². The van der Waals surface area contributed by atoms with E-state index in [-0.39, 0.29) is 0 Å². The Morgan fingerprint density at radius 1 is 0.889 bits per heavy atom. The van der Waals surface area contributed by atoms with Crippen LogP contribution >= 0.6 is 0 Å². The second-order valence-electron chi connectivity index (χ2n) is 3.52. The summed E-state index contributed by atoms with van der Waals surface area (Å²) in [4.78, 5) is 0.